The molecule has 1 rings (SSSR count). The fourth-order valence-electron chi connectivity index (χ4n) is 3.37. The molecule has 2 nitrogen and oxygen atoms in total. The molecule has 0 saturated carbocycles. The predicted molar refractivity (Wildman–Crippen MR) is 93.7 cm³/mol. The summed E-state index contributed by atoms with van der Waals surface area (Å²) in [6.45, 7) is 15.4. The summed E-state index contributed by atoms with van der Waals surface area (Å²) >= 11 is 2.08. The second-order valence-electron chi connectivity index (χ2n) is 6.30. The number of hydrogen-bond donors (Lipinski definition) is 1. The largest absolute Gasteiger partial charge is 0.311 e. The van der Waals surface area contributed by atoms with E-state index in [1.54, 1.807) is 0 Å². The molecule has 1 N–H and O–H groups in total. The smallest absolute Gasteiger partial charge is 0.0329 e. The Morgan fingerprint density at radius 1 is 1.25 bits per heavy atom. The molecular formula is C17H36N2S. The van der Waals surface area contributed by atoms with Gasteiger partial charge in [-0.15, -0.1) is 0 Å². The number of piperazine rings is 1. The molecule has 0 spiro atoms. The highest BCUT2D eigenvalue weighted by Gasteiger charge is 2.39. The van der Waals surface area contributed by atoms with Crippen LogP contribution in [0.25, 0.3) is 0 Å². The van der Waals surface area contributed by atoms with E-state index in [0.717, 1.165) is 5.92 Å². The van der Waals surface area contributed by atoms with Crippen LogP contribution in [0.1, 0.15) is 60.3 Å². The fraction of sp³-hybridized carbons (Fsp3) is 1.00. The van der Waals surface area contributed by atoms with Gasteiger partial charge in [-0.1, -0.05) is 41.0 Å². The summed E-state index contributed by atoms with van der Waals surface area (Å²) in [6, 6.07) is 0.685. The number of nitrogens with one attached hydrogen (secondary N) is 1. The third kappa shape index (κ3) is 4.64. The molecule has 120 valence electrons. The van der Waals surface area contributed by atoms with Crippen molar-refractivity contribution in [1.29, 1.82) is 0 Å². The average molecular weight is 301 g/mol. The molecule has 0 bridgehead atoms. The minimum Gasteiger partial charge on any atom is -0.311 e. The van der Waals surface area contributed by atoms with Crippen molar-refractivity contribution in [2.24, 2.45) is 5.92 Å². The molecule has 20 heavy (non-hydrogen) atoms. The van der Waals surface area contributed by atoms with Gasteiger partial charge in [0.15, 0.2) is 0 Å². The van der Waals surface area contributed by atoms with Gasteiger partial charge >= 0.3 is 0 Å². The summed E-state index contributed by atoms with van der Waals surface area (Å²) in [5, 5.41) is 3.85. The van der Waals surface area contributed by atoms with Crippen LogP contribution >= 0.6 is 11.8 Å². The molecule has 1 aliphatic heterocycles. The Morgan fingerprint density at radius 3 is 2.50 bits per heavy atom. The highest BCUT2D eigenvalue weighted by molar-refractivity contribution is 7.99. The molecule has 1 heterocycles. The van der Waals surface area contributed by atoms with Crippen LogP contribution in [0.15, 0.2) is 0 Å². The fourth-order valence-corrected chi connectivity index (χ4v) is 3.99. The van der Waals surface area contributed by atoms with Crippen LogP contribution in [0.5, 0.6) is 0 Å². The van der Waals surface area contributed by atoms with Crippen molar-refractivity contribution in [3.63, 3.8) is 0 Å². The number of thioether (sulfide) groups is 1. The molecule has 0 aromatic rings. The zero-order valence-corrected chi connectivity index (χ0v) is 15.2. The first-order chi connectivity index (χ1) is 9.63. The maximum Gasteiger partial charge on any atom is 0.0329 e. The topological polar surface area (TPSA) is 15.3 Å². The average Bonchev–Trinajstić information content (AvgIpc) is 2.50. The van der Waals surface area contributed by atoms with E-state index in [9.17, 15) is 0 Å². The molecule has 0 radical (unpaired) electrons. The van der Waals surface area contributed by atoms with Crippen LogP contribution in [0.2, 0.25) is 0 Å². The van der Waals surface area contributed by atoms with E-state index in [4.69, 9.17) is 0 Å². The van der Waals surface area contributed by atoms with Crippen molar-refractivity contribution in [3.05, 3.63) is 0 Å². The lowest BCUT2D eigenvalue weighted by Gasteiger charge is -2.51. The second kappa shape index (κ2) is 9.32. The van der Waals surface area contributed by atoms with Crippen molar-refractivity contribution in [3.8, 4) is 0 Å². The Morgan fingerprint density at radius 2 is 1.95 bits per heavy atom. The molecule has 2 atom stereocenters. The Kier molecular flexibility index (Phi) is 8.54. The number of nitrogens with zero attached hydrogens (tertiary/aromatic N) is 1. The molecule has 1 aliphatic rings. The molecule has 0 aromatic carbocycles. The van der Waals surface area contributed by atoms with E-state index in [0.29, 0.717) is 11.6 Å². The lowest BCUT2D eigenvalue weighted by atomic mass is 9.84. The molecule has 0 aliphatic carbocycles. The van der Waals surface area contributed by atoms with E-state index < -0.39 is 0 Å². The van der Waals surface area contributed by atoms with E-state index >= 15 is 0 Å². The quantitative estimate of drug-likeness (QED) is 0.648. The standard InChI is InChI=1S/C17H36N2S/c1-6-15(5)16-13-19(11-10-12-20-9-4)17(7-2,8-3)14-18-16/h15-16,18H,6-14H2,1-5H3. The Bertz CT molecular complexity index is 253. The third-order valence-electron chi connectivity index (χ3n) is 5.35. The zero-order valence-electron chi connectivity index (χ0n) is 14.4. The van der Waals surface area contributed by atoms with Crippen LogP contribution in [-0.2, 0) is 0 Å². The van der Waals surface area contributed by atoms with Gasteiger partial charge in [0.1, 0.15) is 0 Å². The first-order valence-electron chi connectivity index (χ1n) is 8.69. The van der Waals surface area contributed by atoms with E-state index in [1.165, 1.54) is 56.8 Å². The van der Waals surface area contributed by atoms with Gasteiger partial charge in [0.2, 0.25) is 0 Å². The number of hydrogen-bond acceptors (Lipinski definition) is 3. The summed E-state index contributed by atoms with van der Waals surface area (Å²) in [4.78, 5) is 2.82. The predicted octanol–water partition coefficient (Wildman–Crippen LogP) is 4.01. The maximum absolute atomic E-state index is 3.85. The van der Waals surface area contributed by atoms with Crippen molar-refractivity contribution in [1.82, 2.24) is 10.2 Å². The maximum atomic E-state index is 3.85. The van der Waals surface area contributed by atoms with Crippen molar-refractivity contribution >= 4 is 11.8 Å². The zero-order chi connectivity index (χ0) is 15.0. The number of rotatable bonds is 9. The SMILES string of the molecule is CCSCCCN1CC(C(C)CC)NCC1(CC)CC. The molecule has 1 saturated heterocycles. The molecular weight excluding hydrogens is 264 g/mol. The summed E-state index contributed by atoms with van der Waals surface area (Å²) in [5.41, 5.74) is 0.404. The van der Waals surface area contributed by atoms with Crippen molar-refractivity contribution in [2.75, 3.05) is 31.1 Å². The second-order valence-corrected chi connectivity index (χ2v) is 7.69. The van der Waals surface area contributed by atoms with Gasteiger partial charge in [0.05, 0.1) is 0 Å². The molecule has 0 aromatic heterocycles. The molecule has 0 amide bonds. The van der Waals surface area contributed by atoms with Crippen LogP contribution in [-0.4, -0.2) is 47.6 Å². The Labute approximate surface area is 131 Å². The highest BCUT2D eigenvalue weighted by atomic mass is 32.2. The van der Waals surface area contributed by atoms with Gasteiger partial charge in [-0.3, -0.25) is 4.90 Å². The molecule has 2 unspecified atom stereocenters. The van der Waals surface area contributed by atoms with Crippen LogP contribution in [0.4, 0.5) is 0 Å². The summed E-state index contributed by atoms with van der Waals surface area (Å²) in [6.07, 6.45) is 5.16. The van der Waals surface area contributed by atoms with Crippen molar-refractivity contribution < 1.29 is 0 Å². The van der Waals surface area contributed by atoms with Gasteiger partial charge in [-0.25, -0.2) is 0 Å². The van der Waals surface area contributed by atoms with Crippen molar-refractivity contribution in [2.45, 2.75) is 71.9 Å². The van der Waals surface area contributed by atoms with Gasteiger partial charge in [-0.2, -0.15) is 11.8 Å². The Hall–Kier alpha value is 0.270. The van der Waals surface area contributed by atoms with Gasteiger partial charge in [-0.05, 0) is 43.2 Å². The minimum absolute atomic E-state index is 0.404. The first-order valence-corrected chi connectivity index (χ1v) is 9.85. The third-order valence-corrected chi connectivity index (χ3v) is 6.33. The lowest BCUT2D eigenvalue weighted by Crippen LogP contribution is -2.65. The first kappa shape index (κ1) is 18.3. The normalized spacial score (nSPS) is 24.8. The Balaban J connectivity index is 2.62. The molecule has 1 fully saturated rings. The lowest BCUT2D eigenvalue weighted by molar-refractivity contribution is 0.0207. The summed E-state index contributed by atoms with van der Waals surface area (Å²) in [7, 11) is 0. The monoisotopic (exact) mass is 300 g/mol. The van der Waals surface area contributed by atoms with Gasteiger partial charge in [0.25, 0.3) is 0 Å². The minimum atomic E-state index is 0.404. The van der Waals surface area contributed by atoms with Crippen LogP contribution in [0.3, 0.4) is 0 Å². The molecule has 3 heteroatoms. The van der Waals surface area contributed by atoms with Crippen LogP contribution in [0, 0.1) is 5.92 Å². The van der Waals surface area contributed by atoms with E-state index in [-0.39, 0.29) is 0 Å². The van der Waals surface area contributed by atoms with Gasteiger partial charge in [0, 0.05) is 24.7 Å². The highest BCUT2D eigenvalue weighted by Crippen LogP contribution is 2.29. The summed E-state index contributed by atoms with van der Waals surface area (Å²) in [5.74, 6) is 3.36. The summed E-state index contributed by atoms with van der Waals surface area (Å²) < 4.78 is 0. The van der Waals surface area contributed by atoms with Crippen LogP contribution < -0.4 is 5.32 Å². The van der Waals surface area contributed by atoms with Gasteiger partial charge < -0.3 is 5.32 Å². The van der Waals surface area contributed by atoms with E-state index in [2.05, 4.69) is 56.6 Å². The van der Waals surface area contributed by atoms with E-state index in [1.807, 2.05) is 0 Å².